The molecule has 0 N–H and O–H groups in total. The Morgan fingerprint density at radius 1 is 1.14 bits per heavy atom. The van der Waals surface area contributed by atoms with Gasteiger partial charge in [0.15, 0.2) is 6.61 Å². The standard InChI is InChI=1S/C20H17NO7/c1-2-13-3-8-17-14(10-19(22)28-18(17)9-13)11-27-20(23)12-26-16-6-4-15(5-7-16)21(24)25/h3-10H,2,11-12H2,1H3. The minimum absolute atomic E-state index is 0.0732. The van der Waals surface area contributed by atoms with Crippen molar-refractivity contribution in [1.82, 2.24) is 0 Å². The van der Waals surface area contributed by atoms with Crippen molar-refractivity contribution >= 4 is 22.6 Å². The lowest BCUT2D eigenvalue weighted by atomic mass is 10.1. The molecule has 0 radical (unpaired) electrons. The van der Waals surface area contributed by atoms with Crippen LogP contribution >= 0.6 is 0 Å². The number of nitrogens with zero attached hydrogens (tertiary/aromatic N) is 1. The molecule has 0 bridgehead atoms. The van der Waals surface area contributed by atoms with E-state index in [1.54, 1.807) is 6.07 Å². The van der Waals surface area contributed by atoms with Crippen LogP contribution in [0.2, 0.25) is 0 Å². The number of rotatable bonds is 7. The number of ether oxygens (including phenoxy) is 2. The Morgan fingerprint density at radius 3 is 2.57 bits per heavy atom. The first-order chi connectivity index (χ1) is 13.5. The molecule has 3 rings (SSSR count). The topological polar surface area (TPSA) is 109 Å². The highest BCUT2D eigenvalue weighted by Gasteiger charge is 2.11. The number of esters is 1. The molecule has 2 aromatic carbocycles. The van der Waals surface area contributed by atoms with E-state index in [0.29, 0.717) is 22.3 Å². The van der Waals surface area contributed by atoms with Gasteiger partial charge in [-0.15, -0.1) is 0 Å². The molecular weight excluding hydrogens is 366 g/mol. The van der Waals surface area contributed by atoms with Crippen molar-refractivity contribution in [1.29, 1.82) is 0 Å². The fourth-order valence-corrected chi connectivity index (χ4v) is 2.62. The number of hydrogen-bond acceptors (Lipinski definition) is 7. The van der Waals surface area contributed by atoms with Crippen LogP contribution in [0.15, 0.2) is 57.7 Å². The first-order valence-corrected chi connectivity index (χ1v) is 8.55. The van der Waals surface area contributed by atoms with E-state index in [1.807, 2.05) is 19.1 Å². The molecule has 3 aromatic rings. The molecule has 0 aliphatic carbocycles. The number of nitro groups is 1. The van der Waals surface area contributed by atoms with Gasteiger partial charge < -0.3 is 13.9 Å². The molecular formula is C20H17NO7. The zero-order chi connectivity index (χ0) is 20.1. The van der Waals surface area contributed by atoms with E-state index < -0.39 is 16.5 Å². The second-order valence-electron chi connectivity index (χ2n) is 5.98. The maximum Gasteiger partial charge on any atom is 0.344 e. The van der Waals surface area contributed by atoms with Crippen molar-refractivity contribution in [3.8, 4) is 5.75 Å². The summed E-state index contributed by atoms with van der Waals surface area (Å²) in [5, 5.41) is 11.3. The average Bonchev–Trinajstić information content (AvgIpc) is 2.70. The molecule has 28 heavy (non-hydrogen) atoms. The minimum atomic E-state index is -0.634. The molecule has 1 aromatic heterocycles. The second kappa shape index (κ2) is 8.34. The quantitative estimate of drug-likeness (QED) is 0.266. The van der Waals surface area contributed by atoms with Crippen LogP contribution in [-0.4, -0.2) is 17.5 Å². The predicted octanol–water partition coefficient (Wildman–Crippen LogP) is 3.39. The number of fused-ring (bicyclic) bond motifs is 1. The van der Waals surface area contributed by atoms with E-state index in [4.69, 9.17) is 13.9 Å². The zero-order valence-electron chi connectivity index (χ0n) is 15.0. The van der Waals surface area contributed by atoms with Gasteiger partial charge in [-0.05, 0) is 30.2 Å². The first-order valence-electron chi connectivity index (χ1n) is 8.55. The third-order valence-corrected chi connectivity index (χ3v) is 4.10. The number of aryl methyl sites for hydroxylation is 1. The summed E-state index contributed by atoms with van der Waals surface area (Å²) in [6.07, 6.45) is 0.804. The van der Waals surface area contributed by atoms with Gasteiger partial charge in [0, 0.05) is 29.1 Å². The van der Waals surface area contributed by atoms with Crippen LogP contribution in [0.4, 0.5) is 5.69 Å². The highest BCUT2D eigenvalue weighted by atomic mass is 16.6. The molecule has 8 heteroatoms. The molecule has 1 heterocycles. The van der Waals surface area contributed by atoms with Gasteiger partial charge in [-0.25, -0.2) is 9.59 Å². The smallest absolute Gasteiger partial charge is 0.344 e. The molecule has 0 aliphatic rings. The Hall–Kier alpha value is -3.68. The van der Waals surface area contributed by atoms with E-state index in [9.17, 15) is 19.7 Å². The Kier molecular flexibility index (Phi) is 5.69. The molecule has 0 amide bonds. The summed E-state index contributed by atoms with van der Waals surface area (Å²) < 4.78 is 15.6. The van der Waals surface area contributed by atoms with Crippen LogP contribution in [-0.2, 0) is 22.6 Å². The molecule has 0 fully saturated rings. The van der Waals surface area contributed by atoms with Gasteiger partial charge in [-0.1, -0.05) is 19.1 Å². The maximum absolute atomic E-state index is 11.9. The van der Waals surface area contributed by atoms with Gasteiger partial charge in [-0.3, -0.25) is 10.1 Å². The van der Waals surface area contributed by atoms with Crippen molar-refractivity contribution in [2.45, 2.75) is 20.0 Å². The zero-order valence-corrected chi connectivity index (χ0v) is 15.0. The van der Waals surface area contributed by atoms with Crippen molar-refractivity contribution in [3.05, 3.63) is 80.2 Å². The summed E-state index contributed by atoms with van der Waals surface area (Å²) in [5.41, 5.74) is 1.42. The highest BCUT2D eigenvalue weighted by molar-refractivity contribution is 5.81. The molecule has 0 aliphatic heterocycles. The van der Waals surface area contributed by atoms with Crippen molar-refractivity contribution in [2.24, 2.45) is 0 Å². The molecule has 0 atom stereocenters. The number of benzene rings is 2. The monoisotopic (exact) mass is 383 g/mol. The lowest BCUT2D eigenvalue weighted by molar-refractivity contribution is -0.384. The van der Waals surface area contributed by atoms with Gasteiger partial charge >= 0.3 is 11.6 Å². The Morgan fingerprint density at radius 2 is 1.89 bits per heavy atom. The van der Waals surface area contributed by atoms with E-state index in [0.717, 1.165) is 12.0 Å². The van der Waals surface area contributed by atoms with Gasteiger partial charge in [0.2, 0.25) is 0 Å². The van der Waals surface area contributed by atoms with Crippen LogP contribution in [0.5, 0.6) is 5.75 Å². The summed E-state index contributed by atoms with van der Waals surface area (Å²) >= 11 is 0. The van der Waals surface area contributed by atoms with Gasteiger partial charge in [-0.2, -0.15) is 0 Å². The molecule has 0 spiro atoms. The summed E-state index contributed by atoms with van der Waals surface area (Å²) in [5.74, 6) is -0.328. The number of carbonyl (C=O) groups excluding carboxylic acids is 1. The fourth-order valence-electron chi connectivity index (χ4n) is 2.62. The number of nitro benzene ring substituents is 1. The molecule has 0 saturated heterocycles. The average molecular weight is 383 g/mol. The summed E-state index contributed by atoms with van der Waals surface area (Å²) in [4.78, 5) is 33.8. The normalized spacial score (nSPS) is 10.6. The highest BCUT2D eigenvalue weighted by Crippen LogP contribution is 2.20. The Labute approximate surface area is 159 Å². The van der Waals surface area contributed by atoms with Crippen LogP contribution < -0.4 is 10.4 Å². The van der Waals surface area contributed by atoms with Crippen LogP contribution in [0.25, 0.3) is 11.0 Å². The van der Waals surface area contributed by atoms with E-state index >= 15 is 0 Å². The Balaban J connectivity index is 1.62. The number of carbonyl (C=O) groups is 1. The first kappa shape index (κ1) is 19.1. The molecule has 144 valence electrons. The van der Waals surface area contributed by atoms with Crippen LogP contribution in [0.3, 0.4) is 0 Å². The summed E-state index contributed by atoms with van der Waals surface area (Å²) in [6.45, 7) is 1.53. The third-order valence-electron chi connectivity index (χ3n) is 4.10. The van der Waals surface area contributed by atoms with E-state index in [-0.39, 0.29) is 18.9 Å². The number of hydrogen-bond donors (Lipinski definition) is 0. The van der Waals surface area contributed by atoms with Crippen molar-refractivity contribution < 1.29 is 23.6 Å². The fraction of sp³-hybridized carbons (Fsp3) is 0.200. The third kappa shape index (κ3) is 4.53. The number of non-ortho nitro benzene ring substituents is 1. The molecule has 8 nitrogen and oxygen atoms in total. The lowest BCUT2D eigenvalue weighted by Gasteiger charge is -2.09. The van der Waals surface area contributed by atoms with Crippen LogP contribution in [0.1, 0.15) is 18.1 Å². The Bertz CT molecular complexity index is 1070. The van der Waals surface area contributed by atoms with Gasteiger partial charge in [0.1, 0.15) is 17.9 Å². The largest absolute Gasteiger partial charge is 0.482 e. The summed E-state index contributed by atoms with van der Waals surface area (Å²) in [6, 6.07) is 12.2. The molecule has 0 saturated carbocycles. The molecule has 0 unspecified atom stereocenters. The minimum Gasteiger partial charge on any atom is -0.482 e. The van der Waals surface area contributed by atoms with E-state index in [2.05, 4.69) is 0 Å². The van der Waals surface area contributed by atoms with Crippen molar-refractivity contribution in [3.63, 3.8) is 0 Å². The maximum atomic E-state index is 11.9. The van der Waals surface area contributed by atoms with E-state index in [1.165, 1.54) is 30.3 Å². The van der Waals surface area contributed by atoms with Crippen molar-refractivity contribution in [2.75, 3.05) is 6.61 Å². The van der Waals surface area contributed by atoms with Crippen LogP contribution in [0, 0.1) is 10.1 Å². The SMILES string of the molecule is CCc1ccc2c(COC(=O)COc3ccc([N+](=O)[O-])cc3)cc(=O)oc2c1. The summed E-state index contributed by atoms with van der Waals surface area (Å²) in [7, 11) is 0. The lowest BCUT2D eigenvalue weighted by Crippen LogP contribution is -2.15. The second-order valence-corrected chi connectivity index (χ2v) is 5.98. The van der Waals surface area contributed by atoms with Gasteiger partial charge in [0.25, 0.3) is 5.69 Å². The van der Waals surface area contributed by atoms with Gasteiger partial charge in [0.05, 0.1) is 4.92 Å². The predicted molar refractivity (Wildman–Crippen MR) is 100 cm³/mol.